The van der Waals surface area contributed by atoms with Crippen molar-refractivity contribution in [2.24, 2.45) is 11.7 Å². The zero-order chi connectivity index (χ0) is 22.4. The summed E-state index contributed by atoms with van der Waals surface area (Å²) in [6.07, 6.45) is 4.19. The Kier molecular flexibility index (Phi) is 7.87. The van der Waals surface area contributed by atoms with E-state index in [1.807, 2.05) is 12.1 Å². The van der Waals surface area contributed by atoms with Crippen LogP contribution in [0.4, 0.5) is 15.9 Å². The largest absolute Gasteiger partial charge is 0.493 e. The molecule has 0 spiro atoms. The molecule has 6 nitrogen and oxygen atoms in total. The molecule has 0 saturated heterocycles. The third-order valence-corrected chi connectivity index (χ3v) is 5.65. The predicted octanol–water partition coefficient (Wildman–Crippen LogP) is 5.71. The first kappa shape index (κ1) is 23.0. The van der Waals surface area contributed by atoms with Crippen LogP contribution < -0.4 is 20.5 Å². The molecule has 1 aromatic heterocycles. The van der Waals surface area contributed by atoms with Crippen molar-refractivity contribution in [2.75, 3.05) is 19.0 Å². The van der Waals surface area contributed by atoms with Crippen LogP contribution in [0.15, 0.2) is 36.7 Å². The maximum absolute atomic E-state index is 13.5. The van der Waals surface area contributed by atoms with E-state index in [1.165, 1.54) is 18.5 Å². The smallest absolute Gasteiger partial charge is 0.162 e. The van der Waals surface area contributed by atoms with Gasteiger partial charge < -0.3 is 20.5 Å². The molecule has 1 heterocycles. The van der Waals surface area contributed by atoms with Crippen molar-refractivity contribution in [3.63, 3.8) is 0 Å². The van der Waals surface area contributed by atoms with Crippen LogP contribution in [-0.4, -0.2) is 29.7 Å². The van der Waals surface area contributed by atoms with Gasteiger partial charge in [-0.1, -0.05) is 31.9 Å². The molecule has 166 valence electrons. The monoisotopic (exact) mass is 446 g/mol. The first-order valence-electron chi connectivity index (χ1n) is 10.4. The fourth-order valence-electron chi connectivity index (χ4n) is 3.40. The lowest BCUT2D eigenvalue weighted by atomic mass is 9.97. The Labute approximate surface area is 186 Å². The first-order valence-corrected chi connectivity index (χ1v) is 10.8. The summed E-state index contributed by atoms with van der Waals surface area (Å²) in [5.41, 5.74) is 7.19. The lowest BCUT2D eigenvalue weighted by molar-refractivity contribution is 0.157. The average Bonchev–Trinajstić information content (AvgIpc) is 2.78. The summed E-state index contributed by atoms with van der Waals surface area (Å²) in [6, 6.07) is 8.10. The van der Waals surface area contributed by atoms with Crippen molar-refractivity contribution in [3.05, 3.63) is 47.5 Å². The Hall–Kier alpha value is -2.64. The fraction of sp³-hybridized carbons (Fsp3) is 0.391. The van der Waals surface area contributed by atoms with Gasteiger partial charge in [-0.05, 0) is 49.6 Å². The van der Waals surface area contributed by atoms with E-state index >= 15 is 0 Å². The van der Waals surface area contributed by atoms with E-state index < -0.39 is 5.82 Å². The summed E-state index contributed by atoms with van der Waals surface area (Å²) in [5, 5.41) is 3.96. The standard InChI is InChI=1S/C23H28ClFN4O2/c1-4-14(12-26)8-16(5-2)31-22-10-17-20(11-21(22)30-3)27-13-28-23(17)29-15-6-7-19(25)18(24)9-15/h6-7,9-11,13-14,16H,4-5,8,12,26H2,1-3H3,(H,27,28,29). The Morgan fingerprint density at radius 2 is 1.94 bits per heavy atom. The van der Waals surface area contributed by atoms with Crippen LogP contribution in [0.3, 0.4) is 0 Å². The molecule has 0 aliphatic rings. The van der Waals surface area contributed by atoms with Crippen molar-refractivity contribution >= 4 is 34.0 Å². The molecule has 0 saturated carbocycles. The van der Waals surface area contributed by atoms with Crippen molar-refractivity contribution in [1.82, 2.24) is 9.97 Å². The summed E-state index contributed by atoms with van der Waals surface area (Å²) in [4.78, 5) is 8.70. The van der Waals surface area contributed by atoms with Gasteiger partial charge in [-0.25, -0.2) is 14.4 Å². The lowest BCUT2D eigenvalue weighted by Crippen LogP contribution is -2.24. The van der Waals surface area contributed by atoms with Gasteiger partial charge in [0.15, 0.2) is 11.5 Å². The topological polar surface area (TPSA) is 82.3 Å². The van der Waals surface area contributed by atoms with Crippen LogP contribution in [0.1, 0.15) is 33.1 Å². The highest BCUT2D eigenvalue weighted by Crippen LogP contribution is 2.36. The summed E-state index contributed by atoms with van der Waals surface area (Å²) < 4.78 is 25.4. The van der Waals surface area contributed by atoms with Gasteiger partial charge in [0.2, 0.25) is 0 Å². The quantitative estimate of drug-likeness (QED) is 0.415. The van der Waals surface area contributed by atoms with Gasteiger partial charge in [0.25, 0.3) is 0 Å². The molecule has 0 radical (unpaired) electrons. The van der Waals surface area contributed by atoms with Crippen molar-refractivity contribution in [3.8, 4) is 11.5 Å². The number of nitrogens with zero attached hydrogens (tertiary/aromatic N) is 2. The van der Waals surface area contributed by atoms with Crippen LogP contribution in [0, 0.1) is 11.7 Å². The molecular weight excluding hydrogens is 419 g/mol. The number of nitrogens with one attached hydrogen (secondary N) is 1. The minimum Gasteiger partial charge on any atom is -0.493 e. The van der Waals surface area contributed by atoms with Gasteiger partial charge in [-0.2, -0.15) is 0 Å². The highest BCUT2D eigenvalue weighted by Gasteiger charge is 2.18. The molecule has 3 aromatic rings. The van der Waals surface area contributed by atoms with Gasteiger partial charge in [0.1, 0.15) is 18.0 Å². The molecule has 0 aliphatic carbocycles. The summed E-state index contributed by atoms with van der Waals surface area (Å²) in [5.74, 6) is 1.69. The molecular formula is C23H28ClFN4O2. The number of hydrogen-bond donors (Lipinski definition) is 2. The van der Waals surface area contributed by atoms with Crippen LogP contribution >= 0.6 is 11.6 Å². The van der Waals surface area contributed by atoms with Gasteiger partial charge in [-0.3, -0.25) is 0 Å². The van der Waals surface area contributed by atoms with E-state index in [4.69, 9.17) is 26.8 Å². The first-order chi connectivity index (χ1) is 15.0. The van der Waals surface area contributed by atoms with E-state index in [1.54, 1.807) is 13.2 Å². The van der Waals surface area contributed by atoms with Gasteiger partial charge >= 0.3 is 0 Å². The van der Waals surface area contributed by atoms with Gasteiger partial charge in [0.05, 0.1) is 23.8 Å². The minimum atomic E-state index is -0.478. The number of anilines is 2. The molecule has 8 heteroatoms. The maximum atomic E-state index is 13.5. The number of halogens is 2. The third kappa shape index (κ3) is 5.54. The van der Waals surface area contributed by atoms with Gasteiger partial charge in [0, 0.05) is 17.1 Å². The number of nitrogens with two attached hydrogens (primary N) is 1. The Balaban J connectivity index is 1.96. The molecule has 0 bridgehead atoms. The second-order valence-corrected chi connectivity index (χ2v) is 7.80. The van der Waals surface area contributed by atoms with Crippen molar-refractivity contribution in [1.29, 1.82) is 0 Å². The zero-order valence-corrected chi connectivity index (χ0v) is 18.7. The number of fused-ring (bicyclic) bond motifs is 1. The van der Waals surface area contributed by atoms with E-state index in [0.717, 1.165) is 24.6 Å². The van der Waals surface area contributed by atoms with Crippen LogP contribution in [0.5, 0.6) is 11.5 Å². The number of methoxy groups -OCH3 is 1. The Morgan fingerprint density at radius 1 is 1.13 bits per heavy atom. The summed E-state index contributed by atoms with van der Waals surface area (Å²) >= 11 is 5.91. The molecule has 3 N–H and O–H groups in total. The van der Waals surface area contributed by atoms with E-state index in [2.05, 4.69) is 29.1 Å². The molecule has 0 aliphatic heterocycles. The molecule has 0 amide bonds. The molecule has 2 aromatic carbocycles. The summed E-state index contributed by atoms with van der Waals surface area (Å²) in [6.45, 7) is 4.86. The predicted molar refractivity (Wildman–Crippen MR) is 123 cm³/mol. The molecule has 2 unspecified atom stereocenters. The molecule has 2 atom stereocenters. The van der Waals surface area contributed by atoms with E-state index in [0.29, 0.717) is 41.0 Å². The number of benzene rings is 2. The fourth-order valence-corrected chi connectivity index (χ4v) is 3.59. The number of ether oxygens (including phenoxy) is 2. The SMILES string of the molecule is CCC(CN)CC(CC)Oc1cc2c(Nc3ccc(F)c(Cl)c3)ncnc2cc1OC. The second kappa shape index (κ2) is 10.6. The lowest BCUT2D eigenvalue weighted by Gasteiger charge is -2.23. The molecule has 31 heavy (non-hydrogen) atoms. The summed E-state index contributed by atoms with van der Waals surface area (Å²) in [7, 11) is 1.60. The van der Waals surface area contributed by atoms with Crippen molar-refractivity contribution < 1.29 is 13.9 Å². The zero-order valence-electron chi connectivity index (χ0n) is 18.0. The third-order valence-electron chi connectivity index (χ3n) is 5.36. The van der Waals surface area contributed by atoms with E-state index in [-0.39, 0.29) is 11.1 Å². The molecule has 3 rings (SSSR count). The van der Waals surface area contributed by atoms with E-state index in [9.17, 15) is 4.39 Å². The normalized spacial score (nSPS) is 13.1. The Bertz CT molecular complexity index is 1030. The van der Waals surface area contributed by atoms with Crippen LogP contribution in [0.25, 0.3) is 10.9 Å². The van der Waals surface area contributed by atoms with Crippen molar-refractivity contribution in [2.45, 2.75) is 39.2 Å². The Morgan fingerprint density at radius 3 is 2.58 bits per heavy atom. The maximum Gasteiger partial charge on any atom is 0.162 e. The van der Waals surface area contributed by atoms with Crippen LogP contribution in [0.2, 0.25) is 5.02 Å². The minimum absolute atomic E-state index is 0.0109. The highest BCUT2D eigenvalue weighted by molar-refractivity contribution is 6.31. The van der Waals surface area contributed by atoms with Crippen LogP contribution in [-0.2, 0) is 0 Å². The molecule has 0 fully saturated rings. The highest BCUT2D eigenvalue weighted by atomic mass is 35.5. The average molecular weight is 447 g/mol. The number of aromatic nitrogens is 2. The second-order valence-electron chi connectivity index (χ2n) is 7.39. The number of rotatable bonds is 10. The van der Waals surface area contributed by atoms with Gasteiger partial charge in [-0.15, -0.1) is 0 Å². The number of hydrogen-bond acceptors (Lipinski definition) is 6.